The minimum Gasteiger partial charge on any atom is -0.480 e. The molecule has 18 heavy (non-hydrogen) atoms. The highest BCUT2D eigenvalue weighted by atomic mass is 16.5. The van der Waals surface area contributed by atoms with E-state index in [1.807, 2.05) is 13.0 Å². The number of nitrogens with one attached hydrogen (secondary N) is 1. The number of nitrogens with zero attached hydrogens (tertiary/aromatic N) is 4. The summed E-state index contributed by atoms with van der Waals surface area (Å²) in [4.78, 5) is 8.38. The monoisotopic (exact) mass is 245 g/mol. The fourth-order valence-electron chi connectivity index (χ4n) is 1.43. The zero-order valence-corrected chi connectivity index (χ0v) is 10.4. The lowest BCUT2D eigenvalue weighted by Crippen LogP contribution is -2.20. The van der Waals surface area contributed by atoms with E-state index in [0.717, 1.165) is 11.5 Å². The van der Waals surface area contributed by atoms with Gasteiger partial charge in [0, 0.05) is 25.0 Å². The van der Waals surface area contributed by atoms with Gasteiger partial charge in [0.2, 0.25) is 5.88 Å². The molecule has 2 rings (SSSR count). The molecule has 0 amide bonds. The highest BCUT2D eigenvalue weighted by Crippen LogP contribution is 2.07. The molecule has 1 N–H and O–H groups in total. The molecule has 6 nitrogen and oxygen atoms in total. The first-order chi connectivity index (χ1) is 8.79. The van der Waals surface area contributed by atoms with Crippen LogP contribution in [0.25, 0.3) is 0 Å². The van der Waals surface area contributed by atoms with Crippen LogP contribution < -0.4 is 10.1 Å². The average molecular weight is 245 g/mol. The molecule has 2 aromatic rings. The fourth-order valence-corrected chi connectivity index (χ4v) is 1.43. The van der Waals surface area contributed by atoms with Gasteiger partial charge in [-0.3, -0.25) is 0 Å². The van der Waals surface area contributed by atoms with Crippen LogP contribution >= 0.6 is 0 Å². The molecule has 0 saturated heterocycles. The van der Waals surface area contributed by atoms with E-state index in [1.165, 1.54) is 0 Å². The minimum absolute atomic E-state index is 0.0649. The van der Waals surface area contributed by atoms with Gasteiger partial charge in [-0.2, -0.15) is 5.10 Å². The molecule has 6 heteroatoms. The fraction of sp³-hybridized carbons (Fsp3) is 0.333. The third-order valence-corrected chi connectivity index (χ3v) is 2.47. The third kappa shape index (κ3) is 3.21. The summed E-state index contributed by atoms with van der Waals surface area (Å²) in [5.74, 6) is 1.28. The van der Waals surface area contributed by atoms with E-state index in [4.69, 9.17) is 4.74 Å². The molecule has 0 bridgehead atoms. The lowest BCUT2D eigenvalue weighted by molar-refractivity contribution is 0.390. The quantitative estimate of drug-likeness (QED) is 0.851. The molecule has 0 aliphatic heterocycles. The lowest BCUT2D eigenvalue weighted by atomic mass is 10.3. The van der Waals surface area contributed by atoms with Crippen LogP contribution in [0.2, 0.25) is 0 Å². The van der Waals surface area contributed by atoms with E-state index in [-0.39, 0.29) is 6.04 Å². The second-order valence-corrected chi connectivity index (χ2v) is 3.78. The van der Waals surface area contributed by atoms with Crippen molar-refractivity contribution < 1.29 is 4.74 Å². The van der Waals surface area contributed by atoms with Crippen LogP contribution in [-0.2, 0) is 6.54 Å². The summed E-state index contributed by atoms with van der Waals surface area (Å²) >= 11 is 0. The topological polar surface area (TPSA) is 72.8 Å². The van der Waals surface area contributed by atoms with Crippen LogP contribution in [0.4, 0.5) is 0 Å². The first-order valence-corrected chi connectivity index (χ1v) is 5.66. The first-order valence-electron chi connectivity index (χ1n) is 5.66. The van der Waals surface area contributed by atoms with Gasteiger partial charge < -0.3 is 10.1 Å². The van der Waals surface area contributed by atoms with E-state index in [2.05, 4.69) is 25.5 Å². The standard InChI is InChI=1S/C12H15N5O/c1-9(12-13-6-3-7-14-12)15-8-10-4-5-11(18-2)17-16-10/h3-7,9,15H,8H2,1-2H3/t9-/m1/s1. The highest BCUT2D eigenvalue weighted by molar-refractivity contribution is 5.11. The Morgan fingerprint density at radius 3 is 2.61 bits per heavy atom. The molecule has 0 aliphatic carbocycles. The Kier molecular flexibility index (Phi) is 4.14. The number of hydrogen-bond acceptors (Lipinski definition) is 6. The molecule has 94 valence electrons. The molecule has 2 heterocycles. The maximum Gasteiger partial charge on any atom is 0.233 e. The summed E-state index contributed by atoms with van der Waals surface area (Å²) in [6.45, 7) is 2.61. The SMILES string of the molecule is COc1ccc(CN[C@H](C)c2ncccn2)nn1. The number of aromatic nitrogens is 4. The van der Waals surface area contributed by atoms with E-state index < -0.39 is 0 Å². The summed E-state index contributed by atoms with van der Waals surface area (Å²) in [6, 6.07) is 5.52. The van der Waals surface area contributed by atoms with Crippen molar-refractivity contribution in [2.45, 2.75) is 19.5 Å². The zero-order valence-electron chi connectivity index (χ0n) is 10.4. The molecule has 0 saturated carbocycles. The number of ether oxygens (including phenoxy) is 1. The Balaban J connectivity index is 1.91. The predicted molar refractivity (Wildman–Crippen MR) is 65.9 cm³/mol. The van der Waals surface area contributed by atoms with Crippen molar-refractivity contribution in [2.75, 3.05) is 7.11 Å². The van der Waals surface area contributed by atoms with E-state index in [0.29, 0.717) is 12.4 Å². The second-order valence-electron chi connectivity index (χ2n) is 3.78. The molecular weight excluding hydrogens is 230 g/mol. The molecule has 2 aromatic heterocycles. The second kappa shape index (κ2) is 6.02. The van der Waals surface area contributed by atoms with Gasteiger partial charge in [-0.15, -0.1) is 5.10 Å². The van der Waals surface area contributed by atoms with E-state index in [1.54, 1.807) is 31.6 Å². The Hall–Kier alpha value is -2.08. The smallest absolute Gasteiger partial charge is 0.233 e. The van der Waals surface area contributed by atoms with Crippen molar-refractivity contribution in [1.82, 2.24) is 25.5 Å². The van der Waals surface area contributed by atoms with Gasteiger partial charge in [-0.05, 0) is 19.1 Å². The number of rotatable bonds is 5. The number of hydrogen-bond donors (Lipinski definition) is 1. The van der Waals surface area contributed by atoms with Gasteiger partial charge in [-0.25, -0.2) is 9.97 Å². The Morgan fingerprint density at radius 1 is 1.22 bits per heavy atom. The molecule has 0 fully saturated rings. The molecule has 0 aromatic carbocycles. The minimum atomic E-state index is 0.0649. The zero-order chi connectivity index (χ0) is 12.8. The van der Waals surface area contributed by atoms with Crippen molar-refractivity contribution in [3.8, 4) is 5.88 Å². The van der Waals surface area contributed by atoms with Crippen LogP contribution in [-0.4, -0.2) is 27.3 Å². The lowest BCUT2D eigenvalue weighted by Gasteiger charge is -2.11. The van der Waals surface area contributed by atoms with Crippen LogP contribution in [0.3, 0.4) is 0 Å². The van der Waals surface area contributed by atoms with Crippen LogP contribution in [0.1, 0.15) is 24.5 Å². The first kappa shape index (κ1) is 12.4. The van der Waals surface area contributed by atoms with Gasteiger partial charge in [0.25, 0.3) is 0 Å². The molecule has 0 radical (unpaired) electrons. The largest absolute Gasteiger partial charge is 0.480 e. The average Bonchev–Trinajstić information content (AvgIpc) is 2.46. The predicted octanol–water partition coefficient (Wildman–Crippen LogP) is 1.13. The van der Waals surface area contributed by atoms with Gasteiger partial charge in [0.15, 0.2) is 0 Å². The maximum absolute atomic E-state index is 4.95. The van der Waals surface area contributed by atoms with Crippen molar-refractivity contribution >= 4 is 0 Å². The maximum atomic E-state index is 4.95. The van der Waals surface area contributed by atoms with Crippen LogP contribution in [0.15, 0.2) is 30.6 Å². The van der Waals surface area contributed by atoms with Crippen molar-refractivity contribution in [1.29, 1.82) is 0 Å². The summed E-state index contributed by atoms with van der Waals surface area (Å²) in [7, 11) is 1.57. The molecule has 0 unspecified atom stereocenters. The van der Waals surface area contributed by atoms with Gasteiger partial charge in [-0.1, -0.05) is 0 Å². The van der Waals surface area contributed by atoms with Crippen molar-refractivity contribution in [3.63, 3.8) is 0 Å². The molecular formula is C12H15N5O. The van der Waals surface area contributed by atoms with Crippen LogP contribution in [0, 0.1) is 0 Å². The summed E-state index contributed by atoms with van der Waals surface area (Å²) < 4.78 is 4.95. The van der Waals surface area contributed by atoms with Gasteiger partial charge in [0.05, 0.1) is 18.8 Å². The molecule has 1 atom stereocenters. The summed E-state index contributed by atoms with van der Waals surface area (Å²) in [6.07, 6.45) is 3.46. The van der Waals surface area contributed by atoms with Crippen LogP contribution in [0.5, 0.6) is 5.88 Å². The molecule has 0 spiro atoms. The Morgan fingerprint density at radius 2 is 2.00 bits per heavy atom. The molecule has 0 aliphatic rings. The summed E-state index contributed by atoms with van der Waals surface area (Å²) in [5, 5.41) is 11.2. The van der Waals surface area contributed by atoms with Gasteiger partial charge in [0.1, 0.15) is 5.82 Å². The number of methoxy groups -OCH3 is 1. The van der Waals surface area contributed by atoms with Crippen molar-refractivity contribution in [3.05, 3.63) is 42.1 Å². The Labute approximate surface area is 105 Å². The third-order valence-electron chi connectivity index (χ3n) is 2.47. The van der Waals surface area contributed by atoms with Crippen molar-refractivity contribution in [2.24, 2.45) is 0 Å². The van der Waals surface area contributed by atoms with E-state index in [9.17, 15) is 0 Å². The van der Waals surface area contributed by atoms with E-state index >= 15 is 0 Å². The summed E-state index contributed by atoms with van der Waals surface area (Å²) in [5.41, 5.74) is 0.846. The highest BCUT2D eigenvalue weighted by Gasteiger charge is 2.07. The van der Waals surface area contributed by atoms with Gasteiger partial charge >= 0.3 is 0 Å². The Bertz CT molecular complexity index is 474. The normalized spacial score (nSPS) is 12.1.